The highest BCUT2D eigenvalue weighted by atomic mass is 14.3. The molecule has 3 aromatic carbocycles. The van der Waals surface area contributed by atoms with Crippen molar-refractivity contribution in [1.29, 1.82) is 0 Å². The lowest BCUT2D eigenvalue weighted by Gasteiger charge is -2.13. The Bertz CT molecular complexity index is 710. The summed E-state index contributed by atoms with van der Waals surface area (Å²) in [6, 6.07) is 28.2. The molecule has 0 unspecified atom stereocenters. The molecular weight excluding hydrogens is 252 g/mol. The summed E-state index contributed by atoms with van der Waals surface area (Å²) in [5.41, 5.74) is 7.04. The molecule has 1 aliphatic rings. The van der Waals surface area contributed by atoms with E-state index < -0.39 is 0 Å². The molecule has 0 spiro atoms. The summed E-state index contributed by atoms with van der Waals surface area (Å²) in [4.78, 5) is 0. The summed E-state index contributed by atoms with van der Waals surface area (Å²) in [5.74, 6) is 0.484. The summed E-state index contributed by atoms with van der Waals surface area (Å²) >= 11 is 0. The van der Waals surface area contributed by atoms with Crippen molar-refractivity contribution >= 4 is 0 Å². The van der Waals surface area contributed by atoms with E-state index in [9.17, 15) is 0 Å². The van der Waals surface area contributed by atoms with Crippen LogP contribution < -0.4 is 0 Å². The zero-order valence-corrected chi connectivity index (χ0v) is 11.9. The van der Waals surface area contributed by atoms with E-state index in [0.717, 1.165) is 6.42 Å². The second-order valence-corrected chi connectivity index (χ2v) is 5.58. The van der Waals surface area contributed by atoms with Gasteiger partial charge in [0.25, 0.3) is 0 Å². The van der Waals surface area contributed by atoms with Crippen LogP contribution in [0.2, 0.25) is 0 Å². The van der Waals surface area contributed by atoms with Crippen LogP contribution in [-0.2, 0) is 0 Å². The molecule has 0 fully saturated rings. The van der Waals surface area contributed by atoms with Gasteiger partial charge in [0.05, 0.1) is 0 Å². The Morgan fingerprint density at radius 3 is 1.76 bits per heavy atom. The van der Waals surface area contributed by atoms with Gasteiger partial charge in [-0.05, 0) is 40.7 Å². The van der Waals surface area contributed by atoms with Gasteiger partial charge in [0.2, 0.25) is 0 Å². The molecule has 0 N–H and O–H groups in total. The van der Waals surface area contributed by atoms with Crippen LogP contribution in [0.3, 0.4) is 0 Å². The molecule has 0 heteroatoms. The number of benzene rings is 3. The van der Waals surface area contributed by atoms with Crippen LogP contribution in [-0.4, -0.2) is 0 Å². The maximum atomic E-state index is 2.35. The molecule has 101 valence electrons. The first-order valence-electron chi connectivity index (χ1n) is 7.50. The molecular formula is C21H17. The Hall–Kier alpha value is -2.34. The molecule has 0 heterocycles. The summed E-state index contributed by atoms with van der Waals surface area (Å²) < 4.78 is 0. The maximum Gasteiger partial charge on any atom is 0.0108 e. The second kappa shape index (κ2) is 5.21. The van der Waals surface area contributed by atoms with Gasteiger partial charge in [-0.3, -0.25) is 0 Å². The Morgan fingerprint density at radius 2 is 1.14 bits per heavy atom. The van der Waals surface area contributed by atoms with Gasteiger partial charge in [-0.1, -0.05) is 78.9 Å². The third kappa shape index (κ3) is 2.17. The van der Waals surface area contributed by atoms with Crippen LogP contribution in [0.4, 0.5) is 0 Å². The number of hydrogen-bond donors (Lipinski definition) is 0. The van der Waals surface area contributed by atoms with Crippen LogP contribution in [0.25, 0.3) is 11.1 Å². The Kier molecular flexibility index (Phi) is 3.08. The Labute approximate surface area is 126 Å². The molecule has 0 amide bonds. The van der Waals surface area contributed by atoms with Crippen molar-refractivity contribution < 1.29 is 0 Å². The van der Waals surface area contributed by atoms with Gasteiger partial charge in [0, 0.05) is 5.92 Å². The van der Waals surface area contributed by atoms with Crippen LogP contribution in [0.1, 0.15) is 29.0 Å². The van der Waals surface area contributed by atoms with E-state index in [2.05, 4.69) is 85.3 Å². The van der Waals surface area contributed by atoms with Crippen molar-refractivity contribution in [3.8, 4) is 11.1 Å². The minimum absolute atomic E-state index is 0.484. The molecule has 0 aliphatic heterocycles. The van der Waals surface area contributed by atoms with E-state index in [1.54, 1.807) is 0 Å². The van der Waals surface area contributed by atoms with Crippen LogP contribution >= 0.6 is 0 Å². The van der Waals surface area contributed by atoms with Crippen molar-refractivity contribution in [2.75, 3.05) is 0 Å². The molecule has 21 heavy (non-hydrogen) atoms. The first-order valence-corrected chi connectivity index (χ1v) is 7.50. The highest BCUT2D eigenvalue weighted by molar-refractivity contribution is 5.78. The Balaban J connectivity index is 1.69. The molecule has 0 atom stereocenters. The van der Waals surface area contributed by atoms with Crippen molar-refractivity contribution in [3.05, 3.63) is 102 Å². The molecule has 1 radical (unpaired) electrons. The molecule has 3 aromatic rings. The number of hydrogen-bond acceptors (Lipinski definition) is 0. The van der Waals surface area contributed by atoms with Crippen LogP contribution in [0, 0.1) is 6.42 Å². The standard InChI is InChI=1S/C21H17/c1-2-8-16(9-3-1)14-15-21-19-12-6-4-10-17(19)18-11-5-7-13-20(18)21/h1-14,21H,15H2. The lowest BCUT2D eigenvalue weighted by molar-refractivity contribution is 0.821. The quantitative estimate of drug-likeness (QED) is 0.593. The lowest BCUT2D eigenvalue weighted by atomic mass is 9.90. The summed E-state index contributed by atoms with van der Waals surface area (Å²) in [5, 5.41) is 0. The molecule has 0 aromatic heterocycles. The van der Waals surface area contributed by atoms with Crippen LogP contribution in [0.15, 0.2) is 78.9 Å². The number of fused-ring (bicyclic) bond motifs is 3. The first-order chi connectivity index (χ1) is 10.4. The van der Waals surface area contributed by atoms with E-state index in [1.165, 1.54) is 27.8 Å². The Morgan fingerprint density at radius 1 is 0.619 bits per heavy atom. The monoisotopic (exact) mass is 269 g/mol. The smallest absolute Gasteiger partial charge is 0.0108 e. The normalized spacial score (nSPS) is 13.0. The van der Waals surface area contributed by atoms with Gasteiger partial charge in [-0.15, -0.1) is 0 Å². The minimum Gasteiger partial charge on any atom is -0.0622 e. The maximum absolute atomic E-state index is 2.35. The fraction of sp³-hybridized carbons (Fsp3) is 0.0952. The largest absolute Gasteiger partial charge is 0.0622 e. The fourth-order valence-electron chi connectivity index (χ4n) is 3.36. The van der Waals surface area contributed by atoms with Gasteiger partial charge in [-0.25, -0.2) is 0 Å². The highest BCUT2D eigenvalue weighted by Gasteiger charge is 2.27. The molecule has 4 rings (SSSR count). The highest BCUT2D eigenvalue weighted by Crippen LogP contribution is 2.46. The fourth-order valence-corrected chi connectivity index (χ4v) is 3.36. The van der Waals surface area contributed by atoms with Gasteiger partial charge in [-0.2, -0.15) is 0 Å². The lowest BCUT2D eigenvalue weighted by Crippen LogP contribution is -1.97. The van der Waals surface area contributed by atoms with E-state index in [4.69, 9.17) is 0 Å². The van der Waals surface area contributed by atoms with Gasteiger partial charge >= 0.3 is 0 Å². The van der Waals surface area contributed by atoms with E-state index in [0.29, 0.717) is 5.92 Å². The average Bonchev–Trinajstić information content (AvgIpc) is 2.88. The summed E-state index contributed by atoms with van der Waals surface area (Å²) in [7, 11) is 0. The third-order valence-corrected chi connectivity index (χ3v) is 4.35. The summed E-state index contributed by atoms with van der Waals surface area (Å²) in [6.45, 7) is 0. The molecule has 0 saturated carbocycles. The average molecular weight is 269 g/mol. The van der Waals surface area contributed by atoms with Gasteiger partial charge in [0.1, 0.15) is 0 Å². The van der Waals surface area contributed by atoms with Crippen molar-refractivity contribution in [1.82, 2.24) is 0 Å². The van der Waals surface area contributed by atoms with E-state index in [-0.39, 0.29) is 0 Å². The van der Waals surface area contributed by atoms with Gasteiger partial charge < -0.3 is 0 Å². The topological polar surface area (TPSA) is 0 Å². The van der Waals surface area contributed by atoms with Crippen molar-refractivity contribution in [2.24, 2.45) is 0 Å². The summed E-state index contributed by atoms with van der Waals surface area (Å²) in [6.07, 6.45) is 3.40. The molecule has 0 saturated heterocycles. The molecule has 0 bridgehead atoms. The molecule has 1 aliphatic carbocycles. The van der Waals surface area contributed by atoms with Crippen LogP contribution in [0.5, 0.6) is 0 Å². The van der Waals surface area contributed by atoms with Crippen molar-refractivity contribution in [3.63, 3.8) is 0 Å². The third-order valence-electron chi connectivity index (χ3n) is 4.35. The predicted molar refractivity (Wildman–Crippen MR) is 88.2 cm³/mol. The SMILES string of the molecule is [CH](CC1c2ccccc2-c2ccccc21)c1ccccc1. The van der Waals surface area contributed by atoms with E-state index >= 15 is 0 Å². The molecule has 0 nitrogen and oxygen atoms in total. The first kappa shape index (κ1) is 12.4. The number of rotatable bonds is 3. The zero-order valence-electron chi connectivity index (χ0n) is 11.9. The zero-order chi connectivity index (χ0) is 14.1. The predicted octanol–water partition coefficient (Wildman–Crippen LogP) is 5.44. The second-order valence-electron chi connectivity index (χ2n) is 5.58. The minimum atomic E-state index is 0.484. The van der Waals surface area contributed by atoms with E-state index in [1.807, 2.05) is 0 Å². The van der Waals surface area contributed by atoms with Crippen molar-refractivity contribution in [2.45, 2.75) is 12.3 Å². The van der Waals surface area contributed by atoms with Gasteiger partial charge in [0.15, 0.2) is 0 Å².